The molecule has 4 nitrogen and oxygen atoms in total. The first kappa shape index (κ1) is 13.9. The van der Waals surface area contributed by atoms with Crippen LogP contribution in [-0.2, 0) is 16.4 Å². The minimum Gasteiger partial charge on any atom is -0.381 e. The number of hydrogen-bond donors (Lipinski definition) is 1. The van der Waals surface area contributed by atoms with Crippen LogP contribution in [-0.4, -0.2) is 44.0 Å². The molecule has 2 aliphatic rings. The highest BCUT2D eigenvalue weighted by Crippen LogP contribution is 2.20. The van der Waals surface area contributed by atoms with Crippen molar-refractivity contribution >= 4 is 15.5 Å². The fourth-order valence-corrected chi connectivity index (χ4v) is 4.78. The number of rotatable bonds is 4. The smallest absolute Gasteiger partial charge is 0.152 e. The molecule has 110 valence electrons. The maximum absolute atomic E-state index is 11.5. The molecule has 2 fully saturated rings. The van der Waals surface area contributed by atoms with E-state index in [1.165, 1.54) is 31.5 Å². The number of hydrogen-bond acceptors (Lipinski definition) is 4. The molecule has 0 saturated carbocycles. The molecule has 2 saturated heterocycles. The Bertz CT molecular complexity index is 565. The lowest BCUT2D eigenvalue weighted by Crippen LogP contribution is -2.21. The van der Waals surface area contributed by atoms with E-state index in [0.717, 1.165) is 18.7 Å². The van der Waals surface area contributed by atoms with E-state index in [4.69, 9.17) is 0 Å². The van der Waals surface area contributed by atoms with Crippen molar-refractivity contribution in [1.29, 1.82) is 0 Å². The van der Waals surface area contributed by atoms with Crippen LogP contribution < -0.4 is 5.32 Å². The van der Waals surface area contributed by atoms with E-state index >= 15 is 0 Å². The van der Waals surface area contributed by atoms with Gasteiger partial charge in [-0.2, -0.15) is 0 Å². The zero-order chi connectivity index (χ0) is 14.0. The molecule has 1 unspecified atom stereocenters. The lowest BCUT2D eigenvalue weighted by Gasteiger charge is -2.17. The van der Waals surface area contributed by atoms with Gasteiger partial charge in [-0.15, -0.1) is 0 Å². The zero-order valence-corrected chi connectivity index (χ0v) is 12.5. The average molecular weight is 294 g/mol. The van der Waals surface area contributed by atoms with E-state index in [1.54, 1.807) is 0 Å². The second-order valence-electron chi connectivity index (χ2n) is 5.93. The van der Waals surface area contributed by atoms with Crippen LogP contribution in [0.5, 0.6) is 0 Å². The van der Waals surface area contributed by atoms with Gasteiger partial charge in [0.15, 0.2) is 9.84 Å². The third-order valence-electron chi connectivity index (χ3n) is 4.14. The maximum atomic E-state index is 11.5. The molecule has 2 aliphatic heterocycles. The summed E-state index contributed by atoms with van der Waals surface area (Å²) in [5.74, 6) is 0.585. The first-order valence-electron chi connectivity index (χ1n) is 7.39. The van der Waals surface area contributed by atoms with E-state index in [-0.39, 0.29) is 11.8 Å². The quantitative estimate of drug-likeness (QED) is 0.921. The SMILES string of the molecule is O=S1(=O)CCC(Nc2cccc(CN3CCCC3)c2)C1. The van der Waals surface area contributed by atoms with Crippen LogP contribution in [0.15, 0.2) is 24.3 Å². The molecular formula is C15H22N2O2S. The van der Waals surface area contributed by atoms with Gasteiger partial charge in [-0.25, -0.2) is 8.42 Å². The minimum absolute atomic E-state index is 0.0713. The molecule has 0 spiro atoms. The predicted molar refractivity (Wildman–Crippen MR) is 81.6 cm³/mol. The van der Waals surface area contributed by atoms with Crippen LogP contribution in [0.25, 0.3) is 0 Å². The third kappa shape index (κ3) is 3.52. The second kappa shape index (κ2) is 5.74. The topological polar surface area (TPSA) is 49.4 Å². The van der Waals surface area contributed by atoms with Crippen LogP contribution in [0, 0.1) is 0 Å². The Morgan fingerprint density at radius 2 is 2.05 bits per heavy atom. The highest BCUT2D eigenvalue weighted by atomic mass is 32.2. The summed E-state index contributed by atoms with van der Waals surface area (Å²) in [4.78, 5) is 2.47. The molecule has 0 amide bonds. The Balaban J connectivity index is 1.62. The highest BCUT2D eigenvalue weighted by molar-refractivity contribution is 7.91. The van der Waals surface area contributed by atoms with E-state index in [0.29, 0.717) is 5.75 Å². The van der Waals surface area contributed by atoms with Crippen molar-refractivity contribution in [3.63, 3.8) is 0 Å². The zero-order valence-electron chi connectivity index (χ0n) is 11.7. The maximum Gasteiger partial charge on any atom is 0.152 e. The third-order valence-corrected chi connectivity index (χ3v) is 5.90. The summed E-state index contributed by atoms with van der Waals surface area (Å²) < 4.78 is 23.0. The average Bonchev–Trinajstić information content (AvgIpc) is 3.00. The van der Waals surface area contributed by atoms with Crippen LogP contribution >= 0.6 is 0 Å². The number of likely N-dealkylation sites (tertiary alicyclic amines) is 1. The Morgan fingerprint density at radius 3 is 2.75 bits per heavy atom. The van der Waals surface area contributed by atoms with Crippen molar-refractivity contribution in [3.05, 3.63) is 29.8 Å². The molecule has 0 radical (unpaired) electrons. The van der Waals surface area contributed by atoms with Crippen LogP contribution in [0.3, 0.4) is 0 Å². The van der Waals surface area contributed by atoms with E-state index in [2.05, 4.69) is 28.4 Å². The number of nitrogens with one attached hydrogen (secondary N) is 1. The molecule has 1 N–H and O–H groups in total. The molecule has 1 atom stereocenters. The summed E-state index contributed by atoms with van der Waals surface area (Å²) in [5.41, 5.74) is 2.35. The molecule has 0 aromatic heterocycles. The minimum atomic E-state index is -2.82. The molecular weight excluding hydrogens is 272 g/mol. The standard InChI is InChI=1S/C15H22N2O2S/c18-20(19)9-6-15(12-20)16-14-5-3-4-13(10-14)11-17-7-1-2-8-17/h3-5,10,15-16H,1-2,6-9,11-12H2. The van der Waals surface area contributed by atoms with Gasteiger partial charge in [0.05, 0.1) is 11.5 Å². The van der Waals surface area contributed by atoms with Crippen molar-refractivity contribution in [2.75, 3.05) is 29.9 Å². The molecule has 20 heavy (non-hydrogen) atoms. The first-order valence-corrected chi connectivity index (χ1v) is 9.21. The van der Waals surface area contributed by atoms with Gasteiger partial charge in [0.1, 0.15) is 0 Å². The Hall–Kier alpha value is -1.07. The number of benzene rings is 1. The Morgan fingerprint density at radius 1 is 1.25 bits per heavy atom. The van der Waals surface area contributed by atoms with Gasteiger partial charge in [-0.3, -0.25) is 4.90 Å². The lowest BCUT2D eigenvalue weighted by atomic mass is 10.1. The fraction of sp³-hybridized carbons (Fsp3) is 0.600. The molecule has 1 aromatic carbocycles. The van der Waals surface area contributed by atoms with Crippen molar-refractivity contribution < 1.29 is 8.42 Å². The summed E-state index contributed by atoms with van der Waals surface area (Å²) in [6, 6.07) is 8.45. The highest BCUT2D eigenvalue weighted by Gasteiger charge is 2.27. The van der Waals surface area contributed by atoms with Gasteiger partial charge in [-0.05, 0) is 50.0 Å². The summed E-state index contributed by atoms with van der Waals surface area (Å²) in [6.45, 7) is 3.38. The fourth-order valence-electron chi connectivity index (χ4n) is 3.10. The largest absolute Gasteiger partial charge is 0.381 e. The lowest BCUT2D eigenvalue weighted by molar-refractivity contribution is 0.331. The Kier molecular flexibility index (Phi) is 3.98. The van der Waals surface area contributed by atoms with Gasteiger partial charge in [0.2, 0.25) is 0 Å². The molecule has 2 heterocycles. The number of nitrogens with zero attached hydrogens (tertiary/aromatic N) is 1. The van der Waals surface area contributed by atoms with Crippen LogP contribution in [0.2, 0.25) is 0 Å². The van der Waals surface area contributed by atoms with Crippen LogP contribution in [0.4, 0.5) is 5.69 Å². The normalized spacial score (nSPS) is 25.9. The van der Waals surface area contributed by atoms with E-state index < -0.39 is 9.84 Å². The summed E-state index contributed by atoms with van der Waals surface area (Å²) in [6.07, 6.45) is 3.33. The van der Waals surface area contributed by atoms with Crippen LogP contribution in [0.1, 0.15) is 24.8 Å². The summed E-state index contributed by atoms with van der Waals surface area (Å²) >= 11 is 0. The monoisotopic (exact) mass is 294 g/mol. The van der Waals surface area contributed by atoms with Gasteiger partial charge in [0.25, 0.3) is 0 Å². The van der Waals surface area contributed by atoms with E-state index in [9.17, 15) is 8.42 Å². The predicted octanol–water partition coefficient (Wildman–Crippen LogP) is 1.88. The molecule has 0 aliphatic carbocycles. The molecule has 1 aromatic rings. The summed E-state index contributed by atoms with van der Waals surface area (Å²) in [7, 11) is -2.82. The molecule has 3 rings (SSSR count). The van der Waals surface area contributed by atoms with Crippen molar-refractivity contribution in [1.82, 2.24) is 4.90 Å². The summed E-state index contributed by atoms with van der Waals surface area (Å²) in [5, 5.41) is 3.36. The van der Waals surface area contributed by atoms with E-state index in [1.807, 2.05) is 6.07 Å². The van der Waals surface area contributed by atoms with Gasteiger partial charge >= 0.3 is 0 Å². The van der Waals surface area contributed by atoms with Gasteiger partial charge in [0, 0.05) is 18.3 Å². The second-order valence-corrected chi connectivity index (χ2v) is 8.16. The molecule has 0 bridgehead atoms. The number of anilines is 1. The van der Waals surface area contributed by atoms with Crippen molar-refractivity contribution in [2.45, 2.75) is 31.8 Å². The number of sulfone groups is 1. The van der Waals surface area contributed by atoms with Gasteiger partial charge < -0.3 is 5.32 Å². The van der Waals surface area contributed by atoms with Gasteiger partial charge in [-0.1, -0.05) is 12.1 Å². The van der Waals surface area contributed by atoms with Crippen molar-refractivity contribution in [3.8, 4) is 0 Å². The molecule has 5 heteroatoms. The Labute approximate surface area is 121 Å². The van der Waals surface area contributed by atoms with Crippen molar-refractivity contribution in [2.24, 2.45) is 0 Å². The first-order chi connectivity index (χ1) is 9.61.